The summed E-state index contributed by atoms with van der Waals surface area (Å²) >= 11 is 0. The zero-order chi connectivity index (χ0) is 30.9. The molecule has 4 aliphatic heterocycles. The van der Waals surface area contributed by atoms with Crippen molar-refractivity contribution in [1.29, 1.82) is 0 Å². The number of halogens is 3. The topological polar surface area (TPSA) is 96.0 Å². The molecule has 2 amide bonds. The third-order valence-electron chi connectivity index (χ3n) is 9.70. The van der Waals surface area contributed by atoms with Crippen LogP contribution in [0.15, 0.2) is 48.7 Å². The monoisotopic (exact) mass is 619 g/mol. The van der Waals surface area contributed by atoms with E-state index < -0.39 is 17.6 Å². The Morgan fingerprint density at radius 3 is 2.87 bits per heavy atom. The van der Waals surface area contributed by atoms with Crippen molar-refractivity contribution in [2.45, 2.75) is 62.5 Å². The fourth-order valence-electron chi connectivity index (χ4n) is 7.35. The Bertz CT molecular complexity index is 1700. The standard InChI is InChI=1S/C33H32F3N5O4/c34-33(35,36)24-14-18(3-4-19(24)16-40-12-13-41-11-1-2-20(41)17-40)32(43)39-29-28-23-15-21(5-7-25(23)45-30(28)29)44-26-9-10-37-31-22(26)6-8-27(42)38-31/h3-5,7,9-10,14-15,20,28-30H,1-2,6,8,11-13,16-17H2,(H,39,43)(H,37,38,42)/t20-,28+,29?,30+/m1/s1. The molecule has 5 aliphatic rings. The van der Waals surface area contributed by atoms with E-state index in [-0.39, 0.29) is 41.6 Å². The molecule has 2 saturated heterocycles. The summed E-state index contributed by atoms with van der Waals surface area (Å²) in [5.74, 6) is 1.57. The van der Waals surface area contributed by atoms with Gasteiger partial charge >= 0.3 is 6.18 Å². The van der Waals surface area contributed by atoms with Crippen molar-refractivity contribution in [1.82, 2.24) is 20.1 Å². The van der Waals surface area contributed by atoms with Gasteiger partial charge < -0.3 is 20.1 Å². The number of nitrogens with zero attached hydrogens (tertiary/aromatic N) is 3. The minimum absolute atomic E-state index is 0.0245. The van der Waals surface area contributed by atoms with Gasteiger partial charge in [-0.2, -0.15) is 13.2 Å². The van der Waals surface area contributed by atoms with Gasteiger partial charge in [0.1, 0.15) is 29.2 Å². The van der Waals surface area contributed by atoms with Crippen molar-refractivity contribution < 1.29 is 32.2 Å². The fraction of sp³-hybridized carbons (Fsp3) is 0.424. The van der Waals surface area contributed by atoms with E-state index in [0.717, 1.165) is 56.2 Å². The third-order valence-corrected chi connectivity index (χ3v) is 9.70. The van der Waals surface area contributed by atoms with E-state index in [1.165, 1.54) is 12.1 Å². The molecule has 1 aliphatic carbocycles. The maximum Gasteiger partial charge on any atom is 0.416 e. The van der Waals surface area contributed by atoms with Crippen molar-refractivity contribution in [2.24, 2.45) is 0 Å². The smallest absolute Gasteiger partial charge is 0.416 e. The van der Waals surface area contributed by atoms with Crippen molar-refractivity contribution in [2.75, 3.05) is 31.5 Å². The Morgan fingerprint density at radius 1 is 1.11 bits per heavy atom. The molecule has 1 saturated carbocycles. The zero-order valence-electron chi connectivity index (χ0n) is 24.4. The Kier molecular flexibility index (Phi) is 6.75. The molecular formula is C33H32F3N5O4. The van der Waals surface area contributed by atoms with E-state index in [4.69, 9.17) is 9.47 Å². The second-order valence-electron chi connectivity index (χ2n) is 12.5. The first-order valence-corrected chi connectivity index (χ1v) is 15.4. The first kappa shape index (κ1) is 28.3. The molecule has 3 aromatic rings. The summed E-state index contributed by atoms with van der Waals surface area (Å²) in [6.07, 6.45) is -0.200. The lowest BCUT2D eigenvalue weighted by atomic mass is 10.0. The number of pyridine rings is 1. The number of hydrogen-bond donors (Lipinski definition) is 2. The molecule has 1 aromatic heterocycles. The summed E-state index contributed by atoms with van der Waals surface area (Å²) in [7, 11) is 0. The number of aromatic nitrogens is 1. The lowest BCUT2D eigenvalue weighted by molar-refractivity contribution is -0.138. The van der Waals surface area contributed by atoms with Crippen LogP contribution in [0.1, 0.15) is 57.8 Å². The first-order chi connectivity index (χ1) is 21.7. The summed E-state index contributed by atoms with van der Waals surface area (Å²) in [4.78, 5) is 33.7. The highest BCUT2D eigenvalue weighted by Crippen LogP contribution is 2.54. The maximum absolute atomic E-state index is 14.2. The van der Waals surface area contributed by atoms with Crippen LogP contribution in [-0.4, -0.2) is 71.0 Å². The number of fused-ring (bicyclic) bond motifs is 5. The van der Waals surface area contributed by atoms with Crippen LogP contribution in [0.4, 0.5) is 19.0 Å². The molecule has 1 unspecified atom stereocenters. The van der Waals surface area contributed by atoms with Gasteiger partial charge in [0.05, 0.1) is 17.5 Å². The number of amides is 2. The number of ether oxygens (including phenoxy) is 2. The maximum atomic E-state index is 14.2. The quantitative estimate of drug-likeness (QED) is 0.413. The van der Waals surface area contributed by atoms with E-state index in [2.05, 4.69) is 25.4 Å². The molecule has 4 atom stereocenters. The number of hydrogen-bond acceptors (Lipinski definition) is 7. The van der Waals surface area contributed by atoms with Crippen molar-refractivity contribution in [3.8, 4) is 17.2 Å². The van der Waals surface area contributed by atoms with Gasteiger partial charge in [-0.25, -0.2) is 4.98 Å². The molecule has 0 spiro atoms. The molecule has 3 fully saturated rings. The van der Waals surface area contributed by atoms with Gasteiger partial charge in [-0.05, 0) is 67.8 Å². The number of benzene rings is 2. The Morgan fingerprint density at radius 2 is 2.00 bits per heavy atom. The second-order valence-corrected chi connectivity index (χ2v) is 12.5. The number of carbonyl (C=O) groups excluding carboxylic acids is 2. The highest BCUT2D eigenvalue weighted by Gasteiger charge is 2.59. The number of piperazine rings is 1. The Hall–Kier alpha value is -4.16. The van der Waals surface area contributed by atoms with Gasteiger partial charge in [-0.1, -0.05) is 6.07 Å². The molecule has 45 heavy (non-hydrogen) atoms. The van der Waals surface area contributed by atoms with Gasteiger partial charge in [-0.3, -0.25) is 19.4 Å². The average molecular weight is 620 g/mol. The van der Waals surface area contributed by atoms with Crippen LogP contribution >= 0.6 is 0 Å². The normalized spacial score (nSPS) is 25.4. The molecule has 5 heterocycles. The van der Waals surface area contributed by atoms with Crippen molar-refractivity contribution in [3.05, 3.63) is 76.5 Å². The first-order valence-electron chi connectivity index (χ1n) is 15.4. The third kappa shape index (κ3) is 5.29. The van der Waals surface area contributed by atoms with Crippen LogP contribution in [0.2, 0.25) is 0 Å². The fourth-order valence-corrected chi connectivity index (χ4v) is 7.35. The number of carbonyl (C=O) groups is 2. The SMILES string of the molecule is O=C1CCc2c(Oc3ccc4c(c3)[C@H]3C(NC(=O)c5ccc(CN6CCN7CCC[C@@H]7C6)c(C(F)(F)F)c5)[C@H]3O4)ccnc2N1. The minimum Gasteiger partial charge on any atom is -0.487 e. The summed E-state index contributed by atoms with van der Waals surface area (Å²) in [6.45, 7) is 3.65. The van der Waals surface area contributed by atoms with E-state index >= 15 is 0 Å². The molecule has 12 heteroatoms. The second kappa shape index (κ2) is 10.7. The van der Waals surface area contributed by atoms with Gasteiger partial charge in [0, 0.05) is 61.5 Å². The largest absolute Gasteiger partial charge is 0.487 e. The molecular weight excluding hydrogens is 587 g/mol. The zero-order valence-corrected chi connectivity index (χ0v) is 24.4. The number of rotatable bonds is 6. The van der Waals surface area contributed by atoms with Crippen molar-refractivity contribution >= 4 is 17.6 Å². The van der Waals surface area contributed by atoms with Gasteiger partial charge in [-0.15, -0.1) is 0 Å². The number of anilines is 1. The van der Waals surface area contributed by atoms with Crippen LogP contribution in [0.5, 0.6) is 17.2 Å². The van der Waals surface area contributed by atoms with Crippen LogP contribution in [0.25, 0.3) is 0 Å². The average Bonchev–Trinajstić information content (AvgIpc) is 3.31. The lowest BCUT2D eigenvalue weighted by Crippen LogP contribution is -2.49. The molecule has 2 aromatic carbocycles. The molecule has 9 nitrogen and oxygen atoms in total. The highest BCUT2D eigenvalue weighted by atomic mass is 19.4. The van der Waals surface area contributed by atoms with Gasteiger partial charge in [0.25, 0.3) is 5.91 Å². The Labute approximate surface area is 257 Å². The van der Waals surface area contributed by atoms with E-state index in [1.807, 2.05) is 12.1 Å². The molecule has 0 radical (unpaired) electrons. The predicted molar refractivity (Wildman–Crippen MR) is 157 cm³/mol. The molecule has 234 valence electrons. The van der Waals surface area contributed by atoms with E-state index in [9.17, 15) is 22.8 Å². The summed E-state index contributed by atoms with van der Waals surface area (Å²) in [5.41, 5.74) is 1.10. The number of nitrogens with one attached hydrogen (secondary N) is 2. The highest BCUT2D eigenvalue weighted by molar-refractivity contribution is 5.95. The van der Waals surface area contributed by atoms with Crippen molar-refractivity contribution in [3.63, 3.8) is 0 Å². The van der Waals surface area contributed by atoms with Gasteiger partial charge in [0.2, 0.25) is 5.91 Å². The van der Waals surface area contributed by atoms with E-state index in [0.29, 0.717) is 41.9 Å². The van der Waals surface area contributed by atoms with Crippen LogP contribution < -0.4 is 20.1 Å². The molecule has 2 N–H and O–H groups in total. The van der Waals surface area contributed by atoms with Crippen LogP contribution in [-0.2, 0) is 23.9 Å². The van der Waals surface area contributed by atoms with Crippen LogP contribution in [0.3, 0.4) is 0 Å². The predicted octanol–water partition coefficient (Wildman–Crippen LogP) is 4.71. The van der Waals surface area contributed by atoms with E-state index in [1.54, 1.807) is 18.3 Å². The van der Waals surface area contributed by atoms with Crippen LogP contribution in [0, 0.1) is 0 Å². The molecule has 8 rings (SSSR count). The number of alkyl halides is 3. The Balaban J connectivity index is 0.952. The lowest BCUT2D eigenvalue weighted by Gasteiger charge is -2.37. The molecule has 0 bridgehead atoms. The van der Waals surface area contributed by atoms with Gasteiger partial charge in [0.15, 0.2) is 0 Å². The summed E-state index contributed by atoms with van der Waals surface area (Å²) in [5, 5.41) is 5.66. The summed E-state index contributed by atoms with van der Waals surface area (Å²) < 4.78 is 54.8. The summed E-state index contributed by atoms with van der Waals surface area (Å²) in [6, 6.07) is 11.2. The minimum atomic E-state index is -4.57.